The molecule has 0 aromatic heterocycles. The van der Waals surface area contributed by atoms with Crippen molar-refractivity contribution in [2.75, 3.05) is 14.2 Å². The monoisotopic (exact) mass is 284 g/mol. The van der Waals surface area contributed by atoms with Crippen LogP contribution in [0.2, 0.25) is 0 Å². The summed E-state index contributed by atoms with van der Waals surface area (Å²) in [6.07, 6.45) is 0.285. The van der Waals surface area contributed by atoms with Crippen molar-refractivity contribution < 1.29 is 19.1 Å². The van der Waals surface area contributed by atoms with Crippen molar-refractivity contribution in [1.29, 1.82) is 0 Å². The molecule has 0 amide bonds. The zero-order chi connectivity index (χ0) is 15.2. The first kappa shape index (κ1) is 14.8. The van der Waals surface area contributed by atoms with Crippen molar-refractivity contribution in [3.63, 3.8) is 0 Å². The van der Waals surface area contributed by atoms with Gasteiger partial charge in [-0.1, -0.05) is 12.1 Å². The number of hydrogen-bond donors (Lipinski definition) is 0. The molecule has 0 N–H and O–H groups in total. The number of ether oxygens (including phenoxy) is 2. The Labute approximate surface area is 123 Å². The van der Waals surface area contributed by atoms with Crippen LogP contribution in [-0.2, 0) is 11.2 Å². The standard InChI is InChI=1S/C17H16O4/c1-20-15-9-7-13(8-10-15)16(18)11-12-3-5-14(6-4-12)17(19)21-2/h3-10H,11H2,1-2H3. The zero-order valence-electron chi connectivity index (χ0n) is 12.0. The summed E-state index contributed by atoms with van der Waals surface area (Å²) in [5.74, 6) is 0.348. The van der Waals surface area contributed by atoms with Crippen LogP contribution < -0.4 is 4.74 Å². The number of Topliss-reactive ketones (excluding diaryl/α,β-unsaturated/α-hetero) is 1. The number of methoxy groups -OCH3 is 2. The van der Waals surface area contributed by atoms with Crippen molar-refractivity contribution in [2.45, 2.75) is 6.42 Å². The number of benzene rings is 2. The molecule has 0 aliphatic rings. The van der Waals surface area contributed by atoms with Crippen LogP contribution in [0.5, 0.6) is 5.75 Å². The van der Waals surface area contributed by atoms with E-state index in [0.29, 0.717) is 16.9 Å². The number of ketones is 1. The third-order valence-corrected chi connectivity index (χ3v) is 3.15. The molecule has 0 saturated heterocycles. The molecule has 0 aliphatic heterocycles. The second kappa shape index (κ2) is 6.70. The molecule has 0 aliphatic carbocycles. The average molecular weight is 284 g/mol. The van der Waals surface area contributed by atoms with Gasteiger partial charge in [-0.15, -0.1) is 0 Å². The highest BCUT2D eigenvalue weighted by atomic mass is 16.5. The third-order valence-electron chi connectivity index (χ3n) is 3.15. The van der Waals surface area contributed by atoms with E-state index in [-0.39, 0.29) is 18.2 Å². The Morgan fingerprint density at radius 2 is 1.43 bits per heavy atom. The van der Waals surface area contributed by atoms with Crippen LogP contribution in [0.3, 0.4) is 0 Å². The Hall–Kier alpha value is -2.62. The maximum Gasteiger partial charge on any atom is 0.337 e. The van der Waals surface area contributed by atoms with Crippen LogP contribution in [0.25, 0.3) is 0 Å². The minimum absolute atomic E-state index is 0.0171. The summed E-state index contributed by atoms with van der Waals surface area (Å²) in [7, 11) is 2.92. The van der Waals surface area contributed by atoms with E-state index in [1.165, 1.54) is 7.11 Å². The number of carbonyl (C=O) groups is 2. The quantitative estimate of drug-likeness (QED) is 0.626. The Kier molecular flexibility index (Phi) is 4.72. The Balaban J connectivity index is 2.06. The molecule has 0 radical (unpaired) electrons. The van der Waals surface area contributed by atoms with E-state index in [1.807, 2.05) is 0 Å². The highest BCUT2D eigenvalue weighted by molar-refractivity contribution is 5.97. The summed E-state index contributed by atoms with van der Waals surface area (Å²) in [5.41, 5.74) is 1.95. The minimum Gasteiger partial charge on any atom is -0.497 e. The summed E-state index contributed by atoms with van der Waals surface area (Å²) < 4.78 is 9.69. The molecule has 0 spiro atoms. The van der Waals surface area contributed by atoms with Gasteiger partial charge in [-0.25, -0.2) is 4.79 Å². The lowest BCUT2D eigenvalue weighted by Crippen LogP contribution is -2.05. The SMILES string of the molecule is COC(=O)c1ccc(CC(=O)c2ccc(OC)cc2)cc1. The second-order valence-electron chi connectivity index (χ2n) is 4.52. The van der Waals surface area contributed by atoms with Gasteiger partial charge in [-0.3, -0.25) is 4.79 Å². The van der Waals surface area contributed by atoms with Crippen LogP contribution in [-0.4, -0.2) is 26.0 Å². The maximum atomic E-state index is 12.2. The lowest BCUT2D eigenvalue weighted by molar-refractivity contribution is 0.0600. The molecule has 2 aromatic carbocycles. The molecule has 2 rings (SSSR count). The first-order chi connectivity index (χ1) is 10.1. The largest absolute Gasteiger partial charge is 0.497 e. The predicted octanol–water partition coefficient (Wildman–Crippen LogP) is 2.91. The van der Waals surface area contributed by atoms with Crippen molar-refractivity contribution in [2.24, 2.45) is 0 Å². The Bertz CT molecular complexity index is 627. The molecule has 4 nitrogen and oxygen atoms in total. The number of carbonyl (C=O) groups excluding carboxylic acids is 2. The van der Waals surface area contributed by atoms with Crippen molar-refractivity contribution >= 4 is 11.8 Å². The summed E-state index contributed by atoms with van der Waals surface area (Å²) in [6, 6.07) is 13.8. The van der Waals surface area contributed by atoms with Gasteiger partial charge in [-0.05, 0) is 42.0 Å². The fraction of sp³-hybridized carbons (Fsp3) is 0.176. The van der Waals surface area contributed by atoms with Gasteiger partial charge >= 0.3 is 5.97 Å². The van der Waals surface area contributed by atoms with Crippen LogP contribution in [0.15, 0.2) is 48.5 Å². The van der Waals surface area contributed by atoms with Gasteiger partial charge in [0, 0.05) is 12.0 Å². The molecule has 2 aromatic rings. The molecular weight excluding hydrogens is 268 g/mol. The summed E-state index contributed by atoms with van der Waals surface area (Å²) in [4.78, 5) is 23.5. The van der Waals surface area contributed by atoms with Gasteiger partial charge < -0.3 is 9.47 Å². The molecule has 0 fully saturated rings. The van der Waals surface area contributed by atoms with Gasteiger partial charge in [0.1, 0.15) is 5.75 Å². The molecule has 0 heterocycles. The molecule has 0 saturated carbocycles. The lowest BCUT2D eigenvalue weighted by atomic mass is 10.0. The van der Waals surface area contributed by atoms with E-state index in [4.69, 9.17) is 4.74 Å². The fourth-order valence-corrected chi connectivity index (χ4v) is 1.94. The third kappa shape index (κ3) is 3.69. The lowest BCUT2D eigenvalue weighted by Gasteiger charge is -2.04. The van der Waals surface area contributed by atoms with Gasteiger partial charge in [0.15, 0.2) is 5.78 Å². The van der Waals surface area contributed by atoms with E-state index < -0.39 is 0 Å². The molecule has 0 bridgehead atoms. The number of hydrogen-bond acceptors (Lipinski definition) is 4. The molecular formula is C17H16O4. The first-order valence-electron chi connectivity index (χ1n) is 6.48. The topological polar surface area (TPSA) is 52.6 Å². The predicted molar refractivity (Wildman–Crippen MR) is 78.8 cm³/mol. The summed E-state index contributed by atoms with van der Waals surface area (Å²) in [5, 5.41) is 0. The normalized spacial score (nSPS) is 10.0. The van der Waals surface area contributed by atoms with E-state index in [1.54, 1.807) is 55.6 Å². The molecule has 4 heteroatoms. The van der Waals surface area contributed by atoms with Crippen LogP contribution in [0, 0.1) is 0 Å². The molecule has 108 valence electrons. The van der Waals surface area contributed by atoms with E-state index in [2.05, 4.69) is 4.74 Å². The number of esters is 1. The highest BCUT2D eigenvalue weighted by Crippen LogP contribution is 2.14. The summed E-state index contributed by atoms with van der Waals surface area (Å²) >= 11 is 0. The van der Waals surface area contributed by atoms with Crippen molar-refractivity contribution in [1.82, 2.24) is 0 Å². The van der Waals surface area contributed by atoms with Gasteiger partial charge in [0.25, 0.3) is 0 Å². The van der Waals surface area contributed by atoms with Gasteiger partial charge in [-0.2, -0.15) is 0 Å². The second-order valence-corrected chi connectivity index (χ2v) is 4.52. The van der Waals surface area contributed by atoms with Crippen molar-refractivity contribution in [3.05, 3.63) is 65.2 Å². The first-order valence-corrected chi connectivity index (χ1v) is 6.48. The van der Waals surface area contributed by atoms with Crippen LogP contribution >= 0.6 is 0 Å². The molecule has 0 atom stereocenters. The highest BCUT2D eigenvalue weighted by Gasteiger charge is 2.09. The fourth-order valence-electron chi connectivity index (χ4n) is 1.94. The van der Waals surface area contributed by atoms with Crippen LogP contribution in [0.1, 0.15) is 26.3 Å². The van der Waals surface area contributed by atoms with Gasteiger partial charge in [0.05, 0.1) is 19.8 Å². The average Bonchev–Trinajstić information content (AvgIpc) is 2.55. The molecule has 21 heavy (non-hydrogen) atoms. The Morgan fingerprint density at radius 3 is 1.95 bits per heavy atom. The smallest absolute Gasteiger partial charge is 0.337 e. The van der Waals surface area contributed by atoms with Crippen LogP contribution in [0.4, 0.5) is 0 Å². The van der Waals surface area contributed by atoms with E-state index in [0.717, 1.165) is 5.56 Å². The minimum atomic E-state index is -0.386. The van der Waals surface area contributed by atoms with Crippen molar-refractivity contribution in [3.8, 4) is 5.75 Å². The Morgan fingerprint density at radius 1 is 0.857 bits per heavy atom. The zero-order valence-corrected chi connectivity index (χ0v) is 12.0. The van der Waals surface area contributed by atoms with Gasteiger partial charge in [0.2, 0.25) is 0 Å². The maximum absolute atomic E-state index is 12.2. The number of rotatable bonds is 5. The van der Waals surface area contributed by atoms with E-state index in [9.17, 15) is 9.59 Å². The molecule has 0 unspecified atom stereocenters. The summed E-state index contributed by atoms with van der Waals surface area (Å²) in [6.45, 7) is 0. The van der Waals surface area contributed by atoms with E-state index >= 15 is 0 Å².